The number of halogens is 1. The van der Waals surface area contributed by atoms with E-state index in [4.69, 9.17) is 23.8 Å². The molecule has 1 heterocycles. The molecule has 0 aromatic heterocycles. The monoisotopic (exact) mass is 388 g/mol. The van der Waals surface area contributed by atoms with Crippen molar-refractivity contribution in [2.75, 3.05) is 0 Å². The Balaban J connectivity index is 1.79. The average Bonchev–Trinajstić information content (AvgIpc) is 2.85. The van der Waals surface area contributed by atoms with Crippen LogP contribution >= 0.6 is 35.6 Å². The molecule has 2 aromatic rings. The predicted molar refractivity (Wildman–Crippen MR) is 105 cm³/mol. The molecule has 0 bridgehead atoms. The van der Waals surface area contributed by atoms with Crippen molar-refractivity contribution in [2.45, 2.75) is 6.92 Å². The highest BCUT2D eigenvalue weighted by Gasteiger charge is 2.33. The second-order valence-electron chi connectivity index (χ2n) is 5.35. The summed E-state index contributed by atoms with van der Waals surface area (Å²) in [6.45, 7) is 1.93. The smallest absolute Gasteiger partial charge is 0.267 e. The van der Waals surface area contributed by atoms with Crippen LogP contribution in [0.1, 0.15) is 21.5 Å². The highest BCUT2D eigenvalue weighted by atomic mass is 35.5. The Labute approximate surface area is 159 Å². The maximum Gasteiger partial charge on any atom is 0.285 e. The summed E-state index contributed by atoms with van der Waals surface area (Å²) in [5, 5.41) is 1.63. The number of nitrogens with zero attached hydrogens (tertiary/aromatic N) is 1. The number of nitrogens with one attached hydrogen (secondary N) is 1. The number of benzene rings is 2. The van der Waals surface area contributed by atoms with E-state index in [2.05, 4.69) is 5.43 Å². The zero-order valence-corrected chi connectivity index (χ0v) is 15.5. The fourth-order valence-corrected chi connectivity index (χ4v) is 3.53. The first-order valence-electron chi connectivity index (χ1n) is 7.36. The van der Waals surface area contributed by atoms with Crippen molar-refractivity contribution in [3.63, 3.8) is 0 Å². The molecule has 7 heteroatoms. The van der Waals surface area contributed by atoms with Crippen LogP contribution in [0.4, 0.5) is 0 Å². The third-order valence-corrected chi connectivity index (χ3v) is 5.16. The number of aryl methyl sites for hydroxylation is 1. The fourth-order valence-electron chi connectivity index (χ4n) is 2.17. The number of thioether (sulfide) groups is 1. The first-order valence-corrected chi connectivity index (χ1v) is 8.96. The van der Waals surface area contributed by atoms with Crippen LogP contribution in [0.2, 0.25) is 5.02 Å². The Morgan fingerprint density at radius 2 is 1.88 bits per heavy atom. The molecular formula is C18H13ClN2O2S2. The summed E-state index contributed by atoms with van der Waals surface area (Å²) in [5.41, 5.74) is 4.77. The number of thiocarbonyl (C=S) groups is 1. The summed E-state index contributed by atoms with van der Waals surface area (Å²) in [4.78, 5) is 25.3. The van der Waals surface area contributed by atoms with Crippen LogP contribution in [0.25, 0.3) is 6.08 Å². The molecule has 0 saturated carbocycles. The molecule has 0 unspecified atom stereocenters. The minimum atomic E-state index is -0.393. The largest absolute Gasteiger partial charge is 0.285 e. The van der Waals surface area contributed by atoms with Gasteiger partial charge >= 0.3 is 0 Å². The van der Waals surface area contributed by atoms with Crippen LogP contribution in [0, 0.1) is 6.92 Å². The van der Waals surface area contributed by atoms with E-state index in [1.807, 2.05) is 31.2 Å². The van der Waals surface area contributed by atoms with E-state index in [9.17, 15) is 9.59 Å². The van der Waals surface area contributed by atoms with Gasteiger partial charge < -0.3 is 0 Å². The van der Waals surface area contributed by atoms with Gasteiger partial charge in [-0.15, -0.1) is 0 Å². The maximum absolute atomic E-state index is 12.5. The molecule has 1 aliphatic rings. The number of rotatable bonds is 3. The minimum Gasteiger partial charge on any atom is -0.267 e. The van der Waals surface area contributed by atoms with E-state index >= 15 is 0 Å². The lowest BCUT2D eigenvalue weighted by molar-refractivity contribution is -0.123. The van der Waals surface area contributed by atoms with Crippen LogP contribution in [0.15, 0.2) is 53.4 Å². The first kappa shape index (κ1) is 17.7. The number of carbonyl (C=O) groups excluding carboxylic acids is 2. The van der Waals surface area contributed by atoms with Gasteiger partial charge in [-0.2, -0.15) is 5.01 Å². The van der Waals surface area contributed by atoms with Crippen molar-refractivity contribution >= 4 is 57.8 Å². The van der Waals surface area contributed by atoms with Gasteiger partial charge in [-0.05, 0) is 49.0 Å². The van der Waals surface area contributed by atoms with E-state index in [0.29, 0.717) is 15.5 Å². The molecule has 1 fully saturated rings. The number of hydrogen-bond acceptors (Lipinski definition) is 4. The molecule has 0 atom stereocenters. The van der Waals surface area contributed by atoms with Crippen LogP contribution in [-0.2, 0) is 4.79 Å². The van der Waals surface area contributed by atoms with E-state index in [0.717, 1.165) is 27.9 Å². The Bertz CT molecular complexity index is 894. The van der Waals surface area contributed by atoms with Gasteiger partial charge in [0.2, 0.25) is 0 Å². The van der Waals surface area contributed by atoms with Crippen molar-refractivity contribution in [2.24, 2.45) is 0 Å². The van der Waals surface area contributed by atoms with E-state index in [-0.39, 0.29) is 10.2 Å². The quantitative estimate of drug-likeness (QED) is 0.632. The van der Waals surface area contributed by atoms with Gasteiger partial charge in [-0.1, -0.05) is 59.3 Å². The molecule has 4 nitrogen and oxygen atoms in total. The molecule has 2 aromatic carbocycles. The van der Waals surface area contributed by atoms with Crippen LogP contribution in [0.5, 0.6) is 0 Å². The van der Waals surface area contributed by atoms with Crippen LogP contribution in [0.3, 0.4) is 0 Å². The molecule has 3 rings (SSSR count). The van der Waals surface area contributed by atoms with Gasteiger partial charge in [0.05, 0.1) is 4.91 Å². The van der Waals surface area contributed by atoms with Crippen LogP contribution < -0.4 is 5.43 Å². The second kappa shape index (κ2) is 7.39. The van der Waals surface area contributed by atoms with E-state index in [1.165, 1.54) is 0 Å². The molecule has 0 aliphatic carbocycles. The summed E-state index contributed by atoms with van der Waals surface area (Å²) in [6, 6.07) is 14.2. The summed E-state index contributed by atoms with van der Waals surface area (Å²) in [7, 11) is 0. The number of hydrazine groups is 1. The van der Waals surface area contributed by atoms with Gasteiger partial charge in [0.25, 0.3) is 11.8 Å². The second-order valence-corrected chi connectivity index (χ2v) is 7.43. The van der Waals surface area contributed by atoms with Gasteiger partial charge in [-0.25, -0.2) is 0 Å². The molecule has 0 radical (unpaired) electrons. The predicted octanol–water partition coefficient (Wildman–Crippen LogP) is 4.19. The molecule has 2 amide bonds. The van der Waals surface area contributed by atoms with Gasteiger partial charge in [0.15, 0.2) is 4.32 Å². The molecule has 25 heavy (non-hydrogen) atoms. The van der Waals surface area contributed by atoms with Crippen molar-refractivity contribution in [3.05, 3.63) is 75.1 Å². The summed E-state index contributed by atoms with van der Waals surface area (Å²) < 4.78 is 0.267. The van der Waals surface area contributed by atoms with E-state index in [1.54, 1.807) is 30.3 Å². The molecule has 1 aliphatic heterocycles. The zero-order valence-electron chi connectivity index (χ0n) is 13.2. The molecule has 1 N–H and O–H groups in total. The lowest BCUT2D eigenvalue weighted by Gasteiger charge is -2.15. The standard InChI is InChI=1S/C18H13ClN2O2S2/c1-11-6-8-12(9-7-11)16(22)20-21-17(23)15(25-18(21)24)10-13-4-2-3-5-14(13)19/h2-10H,1H3,(H,20,22)/b15-10-. The normalized spacial score (nSPS) is 15.8. The zero-order chi connectivity index (χ0) is 18.0. The molecule has 0 spiro atoms. The van der Waals surface area contributed by atoms with Crippen LogP contribution in [-0.4, -0.2) is 21.1 Å². The van der Waals surface area contributed by atoms with E-state index < -0.39 is 5.91 Å². The topological polar surface area (TPSA) is 49.4 Å². The van der Waals surface area contributed by atoms with Crippen molar-refractivity contribution in [1.29, 1.82) is 0 Å². The highest BCUT2D eigenvalue weighted by molar-refractivity contribution is 8.26. The van der Waals surface area contributed by atoms with Gasteiger partial charge in [0.1, 0.15) is 0 Å². The lowest BCUT2D eigenvalue weighted by atomic mass is 10.1. The Hall–Kier alpha value is -2.15. The first-order chi connectivity index (χ1) is 12.0. The summed E-state index contributed by atoms with van der Waals surface area (Å²) >= 11 is 12.5. The Morgan fingerprint density at radius 1 is 1.20 bits per heavy atom. The lowest BCUT2D eigenvalue weighted by Crippen LogP contribution is -2.44. The SMILES string of the molecule is Cc1ccc(C(=O)NN2C(=O)/C(=C/c3ccccc3Cl)SC2=S)cc1. The van der Waals surface area contributed by atoms with Gasteiger partial charge in [0, 0.05) is 10.6 Å². The molecular weight excluding hydrogens is 376 g/mol. The maximum atomic E-state index is 12.5. The van der Waals surface area contributed by atoms with Gasteiger partial charge in [-0.3, -0.25) is 15.0 Å². The summed E-state index contributed by atoms with van der Waals surface area (Å²) in [6.07, 6.45) is 1.67. The number of carbonyl (C=O) groups is 2. The molecule has 1 saturated heterocycles. The Morgan fingerprint density at radius 3 is 2.56 bits per heavy atom. The Kier molecular flexibility index (Phi) is 5.22. The molecule has 126 valence electrons. The number of amides is 2. The average molecular weight is 389 g/mol. The minimum absolute atomic E-state index is 0.267. The summed E-state index contributed by atoms with van der Waals surface area (Å²) in [5.74, 6) is -0.773. The third-order valence-electron chi connectivity index (χ3n) is 3.51. The number of hydrogen-bond donors (Lipinski definition) is 1. The van der Waals surface area contributed by atoms with Crippen molar-refractivity contribution in [3.8, 4) is 0 Å². The van der Waals surface area contributed by atoms with Crippen molar-refractivity contribution in [1.82, 2.24) is 10.4 Å². The highest BCUT2D eigenvalue weighted by Crippen LogP contribution is 2.32. The van der Waals surface area contributed by atoms with Crippen molar-refractivity contribution < 1.29 is 9.59 Å². The third kappa shape index (κ3) is 3.92. The fraction of sp³-hybridized carbons (Fsp3) is 0.0556.